The summed E-state index contributed by atoms with van der Waals surface area (Å²) in [6.07, 6.45) is 3.19. The number of carbonyl (C=O) groups is 1. The highest BCUT2D eigenvalue weighted by Gasteiger charge is 2.37. The first-order valence-corrected chi connectivity index (χ1v) is 12.8. The molecule has 0 atom stereocenters. The number of ether oxygens (including phenoxy) is 4. The fourth-order valence-corrected chi connectivity index (χ4v) is 4.80. The van der Waals surface area contributed by atoms with Gasteiger partial charge in [0.15, 0.2) is 34.6 Å². The van der Waals surface area contributed by atoms with Crippen LogP contribution < -0.4 is 34.1 Å². The number of benzene rings is 2. The number of urea groups is 1. The number of hydrogen-bond acceptors (Lipinski definition) is 8. The van der Waals surface area contributed by atoms with Gasteiger partial charge in [0.05, 0.1) is 38.7 Å². The van der Waals surface area contributed by atoms with Crippen LogP contribution >= 0.6 is 0 Å². The third kappa shape index (κ3) is 5.08. The van der Waals surface area contributed by atoms with E-state index in [4.69, 9.17) is 24.4 Å². The number of nitrogens with one attached hydrogen (secondary N) is 2. The summed E-state index contributed by atoms with van der Waals surface area (Å²) in [4.78, 5) is 21.0. The van der Waals surface area contributed by atoms with E-state index in [9.17, 15) is 4.79 Å². The first-order chi connectivity index (χ1) is 19.8. The van der Waals surface area contributed by atoms with Gasteiger partial charge >= 0.3 is 6.03 Å². The summed E-state index contributed by atoms with van der Waals surface area (Å²) in [5.41, 5.74) is 2.38. The summed E-state index contributed by atoms with van der Waals surface area (Å²) in [5, 5.41) is 11.1. The van der Waals surface area contributed by atoms with Gasteiger partial charge in [0, 0.05) is 42.4 Å². The lowest BCUT2D eigenvalue weighted by molar-refractivity contribution is 0.171. The Labute approximate surface area is 235 Å². The summed E-state index contributed by atoms with van der Waals surface area (Å²) < 4.78 is 52.6. The Morgan fingerprint density at radius 1 is 1.10 bits per heavy atom. The monoisotopic (exact) mass is 565 g/mol. The summed E-state index contributed by atoms with van der Waals surface area (Å²) in [5.74, 6) is -1.48. The quantitative estimate of drug-likeness (QED) is 0.374. The molecule has 214 valence electrons. The van der Waals surface area contributed by atoms with Gasteiger partial charge in [-0.2, -0.15) is 0 Å². The summed E-state index contributed by atoms with van der Waals surface area (Å²) in [6.45, 7) is 2.33. The Hall–Kier alpha value is -4.87. The summed E-state index contributed by atoms with van der Waals surface area (Å²) in [6, 6.07) is 7.43. The minimum absolute atomic E-state index is 0.0431. The number of carbonyl (C=O) groups excluding carboxylic acids is 1. The Morgan fingerprint density at radius 2 is 1.78 bits per heavy atom. The predicted molar refractivity (Wildman–Crippen MR) is 149 cm³/mol. The lowest BCUT2D eigenvalue weighted by Gasteiger charge is -2.37. The van der Waals surface area contributed by atoms with E-state index in [1.54, 1.807) is 50.6 Å². The number of allylic oxidation sites excluding steroid dienone is 1. The van der Waals surface area contributed by atoms with Gasteiger partial charge in [0.25, 0.3) is 0 Å². The Balaban J connectivity index is 1.65. The number of fused-ring (bicyclic) bond motifs is 2. The highest BCUT2D eigenvalue weighted by Crippen LogP contribution is 2.42. The fraction of sp³-hybridized carbons (Fsp3) is 0.276. The molecule has 0 fully saturated rings. The van der Waals surface area contributed by atoms with Gasteiger partial charge < -0.3 is 29.7 Å². The first-order valence-electron chi connectivity index (χ1n) is 12.8. The van der Waals surface area contributed by atoms with Crippen LogP contribution in [-0.4, -0.2) is 51.2 Å². The maximum atomic E-state index is 15.6. The number of anilines is 2. The van der Waals surface area contributed by atoms with E-state index in [1.807, 2.05) is 0 Å². The van der Waals surface area contributed by atoms with Crippen molar-refractivity contribution in [2.75, 3.05) is 44.3 Å². The second kappa shape index (κ2) is 11.3. The summed E-state index contributed by atoms with van der Waals surface area (Å²) in [7, 11) is 4.20. The van der Waals surface area contributed by atoms with Crippen LogP contribution in [0.25, 0.3) is 5.57 Å². The van der Waals surface area contributed by atoms with Crippen LogP contribution in [0.15, 0.2) is 42.7 Å². The van der Waals surface area contributed by atoms with Crippen LogP contribution in [-0.2, 0) is 13.1 Å². The Bertz CT molecular complexity index is 1530. The molecule has 0 saturated carbocycles. The third-order valence-corrected chi connectivity index (χ3v) is 6.78. The molecule has 3 heterocycles. The average molecular weight is 566 g/mol. The molecule has 0 unspecified atom stereocenters. The number of aromatic nitrogens is 1. The first kappa shape index (κ1) is 27.7. The van der Waals surface area contributed by atoms with Crippen LogP contribution in [0.5, 0.6) is 23.0 Å². The zero-order valence-electron chi connectivity index (χ0n) is 23.0. The number of methoxy groups -OCH3 is 2. The minimum atomic E-state index is -1.04. The van der Waals surface area contributed by atoms with E-state index >= 15 is 8.78 Å². The highest BCUT2D eigenvalue weighted by atomic mass is 19.1. The SMILES string of the molecule is CN/C=C(\C(C)=N)c1cc2c(cn1)CN(c1c(F)c(OC)cc(OC)c1F)C(=O)N2Cc1ccc2c(c1)OCCO2. The lowest BCUT2D eigenvalue weighted by Crippen LogP contribution is -2.47. The molecule has 12 heteroatoms. The van der Waals surface area contributed by atoms with Crippen molar-refractivity contribution in [2.24, 2.45) is 0 Å². The second-order valence-electron chi connectivity index (χ2n) is 9.36. The molecule has 3 aromatic rings. The molecule has 1 aromatic heterocycles. The van der Waals surface area contributed by atoms with E-state index in [0.29, 0.717) is 52.8 Å². The molecular weight excluding hydrogens is 536 g/mol. The molecule has 0 saturated heterocycles. The topological polar surface area (TPSA) is 109 Å². The van der Waals surface area contributed by atoms with Crippen LogP contribution in [0, 0.1) is 17.0 Å². The van der Waals surface area contributed by atoms with E-state index in [1.165, 1.54) is 19.1 Å². The fourth-order valence-electron chi connectivity index (χ4n) is 4.80. The van der Waals surface area contributed by atoms with Gasteiger partial charge in [-0.25, -0.2) is 13.6 Å². The molecule has 0 bridgehead atoms. The van der Waals surface area contributed by atoms with Crippen molar-refractivity contribution in [1.82, 2.24) is 10.3 Å². The van der Waals surface area contributed by atoms with Crippen molar-refractivity contribution in [3.63, 3.8) is 0 Å². The lowest BCUT2D eigenvalue weighted by atomic mass is 10.0. The van der Waals surface area contributed by atoms with Crippen molar-refractivity contribution >= 4 is 28.7 Å². The smallest absolute Gasteiger partial charge is 0.329 e. The molecule has 5 rings (SSSR count). The van der Waals surface area contributed by atoms with Crippen LogP contribution in [0.4, 0.5) is 25.0 Å². The van der Waals surface area contributed by atoms with Gasteiger partial charge in [-0.1, -0.05) is 6.07 Å². The van der Waals surface area contributed by atoms with Gasteiger partial charge in [-0.05, 0) is 30.7 Å². The van der Waals surface area contributed by atoms with Crippen LogP contribution in [0.2, 0.25) is 0 Å². The Kier molecular flexibility index (Phi) is 7.64. The molecule has 2 amide bonds. The number of pyridine rings is 1. The van der Waals surface area contributed by atoms with Crippen LogP contribution in [0.1, 0.15) is 23.7 Å². The largest absolute Gasteiger partial charge is 0.493 e. The minimum Gasteiger partial charge on any atom is -0.493 e. The zero-order chi connectivity index (χ0) is 29.3. The number of rotatable bonds is 8. The third-order valence-electron chi connectivity index (χ3n) is 6.78. The van der Waals surface area contributed by atoms with E-state index < -0.39 is 23.4 Å². The zero-order valence-corrected chi connectivity index (χ0v) is 23.0. The van der Waals surface area contributed by atoms with Crippen molar-refractivity contribution in [2.45, 2.75) is 20.0 Å². The van der Waals surface area contributed by atoms with E-state index in [2.05, 4.69) is 10.3 Å². The molecule has 41 heavy (non-hydrogen) atoms. The number of hydrogen-bond donors (Lipinski definition) is 2. The molecular formula is C29H29F2N5O5. The molecule has 2 aliphatic heterocycles. The van der Waals surface area contributed by atoms with Gasteiger partial charge in [-0.15, -0.1) is 0 Å². The predicted octanol–water partition coefficient (Wildman–Crippen LogP) is 4.89. The summed E-state index contributed by atoms with van der Waals surface area (Å²) >= 11 is 0. The Morgan fingerprint density at radius 3 is 2.41 bits per heavy atom. The second-order valence-corrected chi connectivity index (χ2v) is 9.36. The maximum Gasteiger partial charge on any atom is 0.329 e. The van der Waals surface area contributed by atoms with Crippen molar-refractivity contribution in [3.8, 4) is 23.0 Å². The normalized spacial score (nSPS) is 14.5. The molecule has 0 spiro atoms. The number of nitrogens with zero attached hydrogens (tertiary/aromatic N) is 3. The number of amides is 2. The molecule has 2 N–H and O–H groups in total. The van der Waals surface area contributed by atoms with Crippen molar-refractivity contribution < 1.29 is 32.5 Å². The molecule has 0 aliphatic carbocycles. The maximum absolute atomic E-state index is 15.6. The van der Waals surface area contributed by atoms with Crippen LogP contribution in [0.3, 0.4) is 0 Å². The molecule has 2 aromatic carbocycles. The number of halogens is 2. The van der Waals surface area contributed by atoms with E-state index in [0.717, 1.165) is 11.0 Å². The molecule has 0 radical (unpaired) electrons. The van der Waals surface area contributed by atoms with Gasteiger partial charge in [0.2, 0.25) is 0 Å². The highest BCUT2D eigenvalue weighted by molar-refractivity contribution is 6.20. The standard InChI is InChI=1S/C29H29F2N5O5/c1-16(32)19(13-33-2)20-10-21-18(12-34-20)15-36(28-26(30)24(38-3)11-25(39-4)27(28)31)29(37)35(21)14-17-5-6-22-23(9-17)41-8-7-40-22/h5-6,9-13,32-33H,7-8,14-15H2,1-4H3/b19-13+,32-16?. The van der Waals surface area contributed by atoms with Crippen molar-refractivity contribution in [1.29, 1.82) is 5.41 Å². The van der Waals surface area contributed by atoms with Crippen molar-refractivity contribution in [3.05, 3.63) is 71.2 Å². The average Bonchev–Trinajstić information content (AvgIpc) is 2.97. The van der Waals surface area contributed by atoms with Gasteiger partial charge in [-0.3, -0.25) is 14.8 Å². The molecule has 10 nitrogen and oxygen atoms in total. The van der Waals surface area contributed by atoms with E-state index in [-0.39, 0.29) is 30.3 Å². The molecule has 2 aliphatic rings. The van der Waals surface area contributed by atoms with Gasteiger partial charge in [0.1, 0.15) is 18.9 Å².